The predicted octanol–water partition coefficient (Wildman–Crippen LogP) is 1.18. The van der Waals surface area contributed by atoms with Gasteiger partial charge in [-0.15, -0.1) is 0 Å². The first-order valence-electron chi connectivity index (χ1n) is 6.95. The Morgan fingerprint density at radius 2 is 1.91 bits per heavy atom. The Hall–Kier alpha value is -2.48. The summed E-state index contributed by atoms with van der Waals surface area (Å²) in [6.07, 6.45) is 0. The van der Waals surface area contributed by atoms with E-state index in [0.29, 0.717) is 29.1 Å². The number of rotatable bonds is 5. The van der Waals surface area contributed by atoms with Crippen molar-refractivity contribution in [3.05, 3.63) is 48.0 Å². The number of nitrogens with one attached hydrogen (secondary N) is 3. The molecule has 1 aromatic heterocycles. The quantitative estimate of drug-likeness (QED) is 0.435. The van der Waals surface area contributed by atoms with Crippen LogP contribution < -0.4 is 16.4 Å². The van der Waals surface area contributed by atoms with Gasteiger partial charge in [0.2, 0.25) is 0 Å². The lowest BCUT2D eigenvalue weighted by Crippen LogP contribution is -2.30. The molecule has 0 fully saturated rings. The molecule has 2 rings (SSSR count). The number of aromatic amines is 2. The Morgan fingerprint density at radius 3 is 2.50 bits per heavy atom. The third kappa shape index (κ3) is 3.06. The van der Waals surface area contributed by atoms with Crippen molar-refractivity contribution >= 4 is 16.7 Å². The molecule has 22 heavy (non-hydrogen) atoms. The van der Waals surface area contributed by atoms with Gasteiger partial charge in [0, 0.05) is 23.7 Å². The molecule has 1 aromatic carbocycles. The second kappa shape index (κ2) is 6.10. The Labute approximate surface area is 125 Å². The number of nitro groups is 1. The highest BCUT2D eigenvalue weighted by molar-refractivity contribution is 5.82. The molecular weight excluding hydrogens is 288 g/mol. The van der Waals surface area contributed by atoms with E-state index in [1.54, 1.807) is 6.92 Å². The van der Waals surface area contributed by atoms with E-state index in [1.165, 1.54) is 6.07 Å². The Bertz CT molecular complexity index is 835. The van der Waals surface area contributed by atoms with Gasteiger partial charge in [0.1, 0.15) is 0 Å². The summed E-state index contributed by atoms with van der Waals surface area (Å²) < 4.78 is 0. The number of aromatic nitrogens is 2. The molecule has 0 aliphatic carbocycles. The SMILES string of the molecule is Cc1c([N+](=O)[O-])cc2[nH]c(=O)c(=O)[nH]c2c1CNCC(C)C. The lowest BCUT2D eigenvalue weighted by atomic mass is 10.0. The normalized spacial score (nSPS) is 11.3. The van der Waals surface area contributed by atoms with E-state index in [4.69, 9.17) is 0 Å². The van der Waals surface area contributed by atoms with E-state index < -0.39 is 16.0 Å². The maximum atomic E-state index is 11.5. The van der Waals surface area contributed by atoms with E-state index in [-0.39, 0.29) is 11.2 Å². The number of benzene rings is 1. The van der Waals surface area contributed by atoms with Crippen LogP contribution in [-0.4, -0.2) is 21.4 Å². The molecule has 0 spiro atoms. The molecule has 0 amide bonds. The van der Waals surface area contributed by atoms with Crippen molar-refractivity contribution in [2.45, 2.75) is 27.3 Å². The second-order valence-corrected chi connectivity index (χ2v) is 5.61. The monoisotopic (exact) mass is 306 g/mol. The highest BCUT2D eigenvalue weighted by atomic mass is 16.6. The van der Waals surface area contributed by atoms with Crippen LogP contribution in [0.25, 0.3) is 11.0 Å². The molecule has 3 N–H and O–H groups in total. The van der Waals surface area contributed by atoms with Gasteiger partial charge in [-0.2, -0.15) is 0 Å². The van der Waals surface area contributed by atoms with E-state index >= 15 is 0 Å². The van der Waals surface area contributed by atoms with Gasteiger partial charge in [-0.25, -0.2) is 0 Å². The molecule has 8 heteroatoms. The van der Waals surface area contributed by atoms with Gasteiger partial charge < -0.3 is 15.3 Å². The smallest absolute Gasteiger partial charge is 0.314 e. The number of nitrogens with zero attached hydrogens (tertiary/aromatic N) is 1. The second-order valence-electron chi connectivity index (χ2n) is 5.61. The van der Waals surface area contributed by atoms with Crippen molar-refractivity contribution in [3.63, 3.8) is 0 Å². The van der Waals surface area contributed by atoms with Crippen LogP contribution in [0, 0.1) is 23.0 Å². The molecule has 0 aliphatic rings. The first-order valence-corrected chi connectivity index (χ1v) is 6.95. The fraction of sp³-hybridized carbons (Fsp3) is 0.429. The van der Waals surface area contributed by atoms with Crippen LogP contribution in [0.5, 0.6) is 0 Å². The van der Waals surface area contributed by atoms with Gasteiger partial charge in [0.15, 0.2) is 0 Å². The van der Waals surface area contributed by atoms with Crippen LogP contribution >= 0.6 is 0 Å². The molecule has 0 bridgehead atoms. The molecule has 8 nitrogen and oxygen atoms in total. The summed E-state index contributed by atoms with van der Waals surface area (Å²) in [6.45, 7) is 6.82. The molecule has 118 valence electrons. The highest BCUT2D eigenvalue weighted by Gasteiger charge is 2.19. The van der Waals surface area contributed by atoms with Crippen molar-refractivity contribution < 1.29 is 4.92 Å². The molecule has 2 aromatic rings. The van der Waals surface area contributed by atoms with Crippen LogP contribution in [0.3, 0.4) is 0 Å². The minimum Gasteiger partial charge on any atom is -0.316 e. The molecule has 1 heterocycles. The van der Waals surface area contributed by atoms with E-state index in [0.717, 1.165) is 6.54 Å². The average molecular weight is 306 g/mol. The highest BCUT2D eigenvalue weighted by Crippen LogP contribution is 2.27. The van der Waals surface area contributed by atoms with Crippen LogP contribution in [0.1, 0.15) is 25.0 Å². The molecule has 0 radical (unpaired) electrons. The third-order valence-corrected chi connectivity index (χ3v) is 3.43. The fourth-order valence-corrected chi connectivity index (χ4v) is 2.31. The minimum atomic E-state index is -0.827. The minimum absolute atomic E-state index is 0.0865. The van der Waals surface area contributed by atoms with Gasteiger partial charge in [-0.3, -0.25) is 19.7 Å². The first-order chi connectivity index (χ1) is 10.3. The lowest BCUT2D eigenvalue weighted by Gasteiger charge is -2.12. The zero-order valence-corrected chi connectivity index (χ0v) is 12.6. The number of hydrogen-bond acceptors (Lipinski definition) is 5. The maximum Gasteiger partial charge on any atom is 0.314 e. The fourth-order valence-electron chi connectivity index (χ4n) is 2.31. The Kier molecular flexibility index (Phi) is 4.41. The van der Waals surface area contributed by atoms with Crippen LogP contribution in [0.15, 0.2) is 15.7 Å². The molecule has 0 atom stereocenters. The Morgan fingerprint density at radius 1 is 1.27 bits per heavy atom. The van der Waals surface area contributed by atoms with Crippen molar-refractivity contribution in [1.82, 2.24) is 15.3 Å². The van der Waals surface area contributed by atoms with Crippen LogP contribution in [-0.2, 0) is 6.54 Å². The summed E-state index contributed by atoms with van der Waals surface area (Å²) in [5, 5.41) is 14.4. The van der Waals surface area contributed by atoms with Gasteiger partial charge >= 0.3 is 11.1 Å². The molecule has 0 saturated heterocycles. The van der Waals surface area contributed by atoms with E-state index in [1.807, 2.05) is 13.8 Å². The third-order valence-electron chi connectivity index (χ3n) is 3.43. The average Bonchev–Trinajstić information content (AvgIpc) is 2.42. The van der Waals surface area contributed by atoms with Gasteiger partial charge in [0.25, 0.3) is 5.69 Å². The number of hydrogen-bond donors (Lipinski definition) is 3. The van der Waals surface area contributed by atoms with E-state index in [9.17, 15) is 19.7 Å². The van der Waals surface area contributed by atoms with Crippen LogP contribution in [0.2, 0.25) is 0 Å². The number of nitro benzene ring substituents is 1. The zero-order valence-electron chi connectivity index (χ0n) is 12.6. The van der Waals surface area contributed by atoms with Gasteiger partial charge in [0.05, 0.1) is 16.0 Å². The standard InChI is InChI=1S/C14H18N4O4/c1-7(2)5-15-6-9-8(3)11(18(21)22)4-10-12(9)17-14(20)13(19)16-10/h4,7,15H,5-6H2,1-3H3,(H,16,19)(H,17,20). The number of H-pyrrole nitrogens is 2. The van der Waals surface area contributed by atoms with Crippen molar-refractivity contribution in [1.29, 1.82) is 0 Å². The summed E-state index contributed by atoms with van der Waals surface area (Å²) in [6, 6.07) is 1.27. The number of fused-ring (bicyclic) bond motifs is 1. The largest absolute Gasteiger partial charge is 0.316 e. The van der Waals surface area contributed by atoms with Crippen molar-refractivity contribution in [2.75, 3.05) is 6.54 Å². The van der Waals surface area contributed by atoms with Gasteiger partial charge in [-0.05, 0) is 19.4 Å². The summed E-state index contributed by atoms with van der Waals surface area (Å²) in [5.74, 6) is 0.420. The molecule has 0 unspecified atom stereocenters. The Balaban J connectivity index is 2.65. The van der Waals surface area contributed by atoms with Gasteiger partial charge in [-0.1, -0.05) is 13.8 Å². The zero-order chi connectivity index (χ0) is 16.4. The summed E-state index contributed by atoms with van der Waals surface area (Å²) in [4.78, 5) is 38.5. The van der Waals surface area contributed by atoms with Crippen molar-refractivity contribution in [3.8, 4) is 0 Å². The molecule has 0 aliphatic heterocycles. The summed E-state index contributed by atoms with van der Waals surface area (Å²) in [7, 11) is 0. The lowest BCUT2D eigenvalue weighted by molar-refractivity contribution is -0.385. The topological polar surface area (TPSA) is 121 Å². The first kappa shape index (κ1) is 15.9. The molecular formula is C14H18N4O4. The summed E-state index contributed by atoms with van der Waals surface area (Å²) >= 11 is 0. The van der Waals surface area contributed by atoms with Crippen molar-refractivity contribution in [2.24, 2.45) is 5.92 Å². The summed E-state index contributed by atoms with van der Waals surface area (Å²) in [5.41, 5.74) is 0.0657. The maximum absolute atomic E-state index is 11.5. The van der Waals surface area contributed by atoms with Crippen LogP contribution in [0.4, 0.5) is 5.69 Å². The van der Waals surface area contributed by atoms with E-state index in [2.05, 4.69) is 15.3 Å². The predicted molar refractivity (Wildman–Crippen MR) is 83.1 cm³/mol. The molecule has 0 saturated carbocycles.